The van der Waals surface area contributed by atoms with Crippen LogP contribution in [-0.4, -0.2) is 133 Å². The minimum atomic E-state index is -2.13. The van der Waals surface area contributed by atoms with Gasteiger partial charge < -0.3 is 60.7 Å². The van der Waals surface area contributed by atoms with Gasteiger partial charge in [-0.1, -0.05) is 6.42 Å². The highest BCUT2D eigenvalue weighted by Crippen LogP contribution is 2.25. The lowest BCUT2D eigenvalue weighted by molar-refractivity contribution is -0.326. The second-order valence-corrected chi connectivity index (χ2v) is 7.48. The Morgan fingerprint density at radius 2 is 1.62 bits per heavy atom. The van der Waals surface area contributed by atoms with Gasteiger partial charge in [0.1, 0.15) is 42.7 Å². The third-order valence-corrected chi connectivity index (χ3v) is 5.00. The monoisotopic (exact) mass is 471 g/mol. The van der Waals surface area contributed by atoms with Crippen molar-refractivity contribution in [3.63, 3.8) is 0 Å². The van der Waals surface area contributed by atoms with Crippen molar-refractivity contribution in [3.05, 3.63) is 0 Å². The number of rotatable bonds is 14. The Morgan fingerprint density at radius 3 is 2.19 bits per heavy atom. The topological polar surface area (TPSA) is 247 Å². The van der Waals surface area contributed by atoms with Crippen molar-refractivity contribution >= 4 is 11.9 Å². The zero-order valence-electron chi connectivity index (χ0n) is 17.3. The molecule has 32 heavy (non-hydrogen) atoms. The minimum Gasteiger partial charge on any atom is -0.481 e. The summed E-state index contributed by atoms with van der Waals surface area (Å²) in [4.78, 5) is 22.5. The molecule has 0 saturated carbocycles. The van der Waals surface area contributed by atoms with E-state index in [4.69, 9.17) is 14.6 Å². The number of aliphatic carboxylic acids is 1. The number of aliphatic hydroxyl groups excluding tert-OH is 8. The second-order valence-electron chi connectivity index (χ2n) is 7.48. The third-order valence-electron chi connectivity index (χ3n) is 5.00. The minimum absolute atomic E-state index is 0.0225. The molecule has 10 N–H and O–H groups in total. The number of hydrogen-bond acceptors (Lipinski definition) is 12. The Morgan fingerprint density at radius 1 is 0.969 bits per heavy atom. The first kappa shape index (κ1) is 28.6. The van der Waals surface area contributed by atoms with E-state index in [1.54, 1.807) is 0 Å². The van der Waals surface area contributed by atoms with Crippen molar-refractivity contribution in [2.75, 3.05) is 19.8 Å². The lowest BCUT2D eigenvalue weighted by Gasteiger charge is -2.42. The predicted octanol–water partition coefficient (Wildman–Crippen LogP) is -4.99. The molecule has 1 rings (SSSR count). The van der Waals surface area contributed by atoms with Crippen molar-refractivity contribution in [1.29, 1.82) is 0 Å². The molecule has 9 atom stereocenters. The van der Waals surface area contributed by atoms with Crippen molar-refractivity contribution in [2.24, 2.45) is 0 Å². The van der Waals surface area contributed by atoms with Gasteiger partial charge in [0.15, 0.2) is 12.4 Å². The lowest BCUT2D eigenvalue weighted by Crippen LogP contribution is -2.62. The van der Waals surface area contributed by atoms with E-state index >= 15 is 0 Å². The van der Waals surface area contributed by atoms with E-state index in [0.29, 0.717) is 19.3 Å². The molecular weight excluding hydrogens is 438 g/mol. The summed E-state index contributed by atoms with van der Waals surface area (Å²) in [5.41, 5.74) is 0. The Balaban J connectivity index is 2.71. The summed E-state index contributed by atoms with van der Waals surface area (Å²) in [7, 11) is 0. The van der Waals surface area contributed by atoms with Gasteiger partial charge in [0.25, 0.3) is 5.91 Å². The van der Waals surface area contributed by atoms with Crippen molar-refractivity contribution in [2.45, 2.75) is 80.8 Å². The third kappa shape index (κ3) is 8.15. The van der Waals surface area contributed by atoms with Crippen LogP contribution in [0.2, 0.25) is 0 Å². The zero-order valence-corrected chi connectivity index (χ0v) is 17.3. The number of carboxylic acid groups (broad SMARTS) is 1. The van der Waals surface area contributed by atoms with E-state index in [2.05, 4.69) is 5.32 Å². The molecule has 188 valence electrons. The van der Waals surface area contributed by atoms with Crippen LogP contribution in [0.5, 0.6) is 0 Å². The first-order valence-corrected chi connectivity index (χ1v) is 10.2. The number of unbranched alkanes of at least 4 members (excludes halogenated alkanes) is 2. The van der Waals surface area contributed by atoms with Gasteiger partial charge in [-0.15, -0.1) is 0 Å². The fourth-order valence-corrected chi connectivity index (χ4v) is 3.07. The number of carbonyl (C=O) groups is 2. The maximum atomic E-state index is 12.1. The molecule has 0 radical (unpaired) electrons. The molecule has 0 unspecified atom stereocenters. The molecule has 1 saturated heterocycles. The maximum Gasteiger partial charge on any atom is 0.303 e. The Labute approximate surface area is 183 Å². The van der Waals surface area contributed by atoms with Crippen LogP contribution in [0.25, 0.3) is 0 Å². The number of amides is 1. The summed E-state index contributed by atoms with van der Waals surface area (Å²) in [5.74, 6) is -1.98. The van der Waals surface area contributed by atoms with Crippen molar-refractivity contribution < 1.29 is 65.0 Å². The van der Waals surface area contributed by atoms with Crippen LogP contribution in [0, 0.1) is 0 Å². The average Bonchev–Trinajstić information content (AvgIpc) is 2.77. The van der Waals surface area contributed by atoms with Gasteiger partial charge in [-0.25, -0.2) is 0 Å². The Bertz CT molecular complexity index is 577. The highest BCUT2D eigenvalue weighted by molar-refractivity contribution is 5.81. The molecule has 1 fully saturated rings. The summed E-state index contributed by atoms with van der Waals surface area (Å²) in [6, 6.07) is 0. The fraction of sp³-hybridized carbons (Fsp3) is 0.889. The SMILES string of the molecule is O=C(O)CCCCCNC(=O)[C@H](O)[C@@H](O)[C@H](O[C@@H]1O[C@H](CO)[C@H](O)[C@H](O)[C@H]1O)[C@H](O)CO. The molecule has 0 aromatic carbocycles. The average molecular weight is 471 g/mol. The summed E-state index contributed by atoms with van der Waals surface area (Å²) in [5, 5.41) is 89.4. The van der Waals surface area contributed by atoms with Crippen LogP contribution >= 0.6 is 0 Å². The normalized spacial score (nSPS) is 29.7. The van der Waals surface area contributed by atoms with Crippen LogP contribution in [0.15, 0.2) is 0 Å². The number of ether oxygens (including phenoxy) is 2. The largest absolute Gasteiger partial charge is 0.481 e. The van der Waals surface area contributed by atoms with E-state index < -0.39 is 80.2 Å². The summed E-state index contributed by atoms with van der Waals surface area (Å²) >= 11 is 0. The van der Waals surface area contributed by atoms with Gasteiger partial charge in [0.2, 0.25) is 0 Å². The first-order valence-electron chi connectivity index (χ1n) is 10.2. The summed E-state index contributed by atoms with van der Waals surface area (Å²) < 4.78 is 10.3. The van der Waals surface area contributed by atoms with Crippen molar-refractivity contribution in [1.82, 2.24) is 5.32 Å². The molecule has 1 aliphatic rings. The smallest absolute Gasteiger partial charge is 0.303 e. The molecule has 14 nitrogen and oxygen atoms in total. The van der Waals surface area contributed by atoms with E-state index in [1.807, 2.05) is 0 Å². The van der Waals surface area contributed by atoms with Crippen LogP contribution in [0.4, 0.5) is 0 Å². The van der Waals surface area contributed by atoms with Crippen LogP contribution in [0.3, 0.4) is 0 Å². The highest BCUT2D eigenvalue weighted by Gasteiger charge is 2.47. The van der Waals surface area contributed by atoms with E-state index in [9.17, 15) is 50.4 Å². The number of carboxylic acids is 1. The molecule has 0 aromatic rings. The number of aliphatic hydroxyl groups is 8. The van der Waals surface area contributed by atoms with E-state index in [1.165, 1.54) is 0 Å². The fourth-order valence-electron chi connectivity index (χ4n) is 3.07. The zero-order chi connectivity index (χ0) is 24.4. The van der Waals surface area contributed by atoms with Gasteiger partial charge in [-0.05, 0) is 12.8 Å². The summed E-state index contributed by atoms with van der Waals surface area (Å²) in [6.07, 6.45) is -15.2. The Kier molecular flexibility index (Phi) is 12.5. The Hall–Kier alpha value is -1.46. The van der Waals surface area contributed by atoms with Gasteiger partial charge in [0.05, 0.1) is 13.2 Å². The van der Waals surface area contributed by atoms with Crippen LogP contribution < -0.4 is 5.32 Å². The van der Waals surface area contributed by atoms with Gasteiger partial charge in [-0.3, -0.25) is 9.59 Å². The molecule has 0 spiro atoms. The number of carbonyl (C=O) groups excluding carboxylic acids is 1. The summed E-state index contributed by atoms with van der Waals surface area (Å²) in [6.45, 7) is -1.67. The van der Waals surface area contributed by atoms with Gasteiger partial charge >= 0.3 is 5.97 Å². The standard InChI is InChI=1S/C18H33NO13/c20-6-8(22)16(32-18-15(29)12(26)11(25)9(7-21)31-18)13(27)14(28)17(30)19-5-3-1-2-4-10(23)24/h8-9,11-16,18,20-22,25-29H,1-7H2,(H,19,30)(H,23,24)/t8-,9-,11+,12+,13-,14-,15-,16-,18+/m1/s1. The predicted molar refractivity (Wildman–Crippen MR) is 103 cm³/mol. The molecule has 1 heterocycles. The second kappa shape index (κ2) is 13.9. The van der Waals surface area contributed by atoms with Crippen LogP contribution in [-0.2, 0) is 19.1 Å². The van der Waals surface area contributed by atoms with Crippen molar-refractivity contribution in [3.8, 4) is 0 Å². The molecule has 14 heteroatoms. The number of nitrogens with one attached hydrogen (secondary N) is 1. The number of hydrogen-bond donors (Lipinski definition) is 10. The molecule has 0 aliphatic carbocycles. The lowest BCUT2D eigenvalue weighted by atomic mass is 9.98. The molecule has 1 aliphatic heterocycles. The van der Waals surface area contributed by atoms with E-state index in [0.717, 1.165) is 0 Å². The van der Waals surface area contributed by atoms with Gasteiger partial charge in [-0.2, -0.15) is 0 Å². The van der Waals surface area contributed by atoms with E-state index in [-0.39, 0.29) is 13.0 Å². The first-order chi connectivity index (χ1) is 15.0. The molecule has 0 bridgehead atoms. The molecule has 1 amide bonds. The van der Waals surface area contributed by atoms with Gasteiger partial charge in [0, 0.05) is 13.0 Å². The van der Waals surface area contributed by atoms with Crippen LogP contribution in [0.1, 0.15) is 25.7 Å². The molecular formula is C18H33NO13. The highest BCUT2D eigenvalue weighted by atomic mass is 16.7. The quantitative estimate of drug-likeness (QED) is 0.107. The molecule has 0 aromatic heterocycles. The maximum absolute atomic E-state index is 12.1.